The summed E-state index contributed by atoms with van der Waals surface area (Å²) in [5.41, 5.74) is 1.17. The zero-order valence-corrected chi connectivity index (χ0v) is 15.7. The van der Waals surface area contributed by atoms with Crippen molar-refractivity contribution in [3.8, 4) is 5.69 Å². The molecule has 28 heavy (non-hydrogen) atoms. The predicted molar refractivity (Wildman–Crippen MR) is 97.0 cm³/mol. The number of amides is 1. The van der Waals surface area contributed by atoms with E-state index in [1.54, 1.807) is 29.2 Å². The molecule has 0 aliphatic carbocycles. The standard InChI is InChI=1S/C16H18N8O3S/c25-16(13-3-1-4-14(9-13)24-12-19-20-21-24)22-5-2-6-23(8-7-22)28(26,27)15-10-17-11-18-15/h1,3-4,9-12H,2,5-8H2,(H,17,18). The van der Waals surface area contributed by atoms with E-state index < -0.39 is 10.0 Å². The van der Waals surface area contributed by atoms with E-state index in [1.165, 1.54) is 27.8 Å². The van der Waals surface area contributed by atoms with Gasteiger partial charge in [-0.2, -0.15) is 4.31 Å². The van der Waals surface area contributed by atoms with Crippen LogP contribution in [0.1, 0.15) is 16.8 Å². The van der Waals surface area contributed by atoms with E-state index in [9.17, 15) is 13.2 Å². The molecule has 0 atom stereocenters. The molecule has 0 saturated carbocycles. The Kier molecular flexibility index (Phi) is 4.88. The number of H-pyrrole nitrogens is 1. The fourth-order valence-corrected chi connectivity index (χ4v) is 4.47. The number of hydrogen-bond acceptors (Lipinski definition) is 7. The van der Waals surface area contributed by atoms with Crippen molar-refractivity contribution in [2.75, 3.05) is 26.2 Å². The lowest BCUT2D eigenvalue weighted by Crippen LogP contribution is -2.37. The van der Waals surface area contributed by atoms with Crippen molar-refractivity contribution in [1.29, 1.82) is 0 Å². The van der Waals surface area contributed by atoms with E-state index in [-0.39, 0.29) is 17.5 Å². The molecule has 4 rings (SSSR count). The summed E-state index contributed by atoms with van der Waals surface area (Å²) in [5.74, 6) is -0.157. The van der Waals surface area contributed by atoms with Crippen LogP contribution in [0.3, 0.4) is 0 Å². The van der Waals surface area contributed by atoms with Gasteiger partial charge in [-0.25, -0.2) is 18.1 Å². The lowest BCUT2D eigenvalue weighted by atomic mass is 10.1. The fraction of sp³-hybridized carbons (Fsp3) is 0.312. The molecule has 0 unspecified atom stereocenters. The van der Waals surface area contributed by atoms with Crippen LogP contribution in [0.25, 0.3) is 5.69 Å². The number of aromatic nitrogens is 6. The van der Waals surface area contributed by atoms with E-state index in [4.69, 9.17) is 0 Å². The van der Waals surface area contributed by atoms with E-state index in [2.05, 4.69) is 25.5 Å². The second-order valence-electron chi connectivity index (χ2n) is 6.27. The number of tetrazole rings is 1. The third kappa shape index (κ3) is 3.51. The van der Waals surface area contributed by atoms with E-state index in [0.717, 1.165) is 0 Å². The second-order valence-corrected chi connectivity index (χ2v) is 8.18. The van der Waals surface area contributed by atoms with Crippen LogP contribution in [0.15, 0.2) is 48.1 Å². The highest BCUT2D eigenvalue weighted by molar-refractivity contribution is 7.89. The normalized spacial score (nSPS) is 16.1. The van der Waals surface area contributed by atoms with Crippen LogP contribution < -0.4 is 0 Å². The number of sulfonamides is 1. The molecule has 1 aliphatic rings. The number of nitrogens with zero attached hydrogens (tertiary/aromatic N) is 7. The zero-order chi connectivity index (χ0) is 19.6. The SMILES string of the molecule is O=C(c1cccc(-n2cnnn2)c1)N1CCCN(S(=O)(=O)c2cnc[nH]2)CC1. The maximum atomic E-state index is 12.9. The maximum Gasteiger partial charge on any atom is 0.260 e. The van der Waals surface area contributed by atoms with Gasteiger partial charge in [-0.1, -0.05) is 6.07 Å². The lowest BCUT2D eigenvalue weighted by Gasteiger charge is -2.21. The van der Waals surface area contributed by atoms with E-state index in [1.807, 2.05) is 0 Å². The fourth-order valence-electron chi connectivity index (χ4n) is 3.10. The number of nitrogens with one attached hydrogen (secondary N) is 1. The number of aromatic amines is 1. The highest BCUT2D eigenvalue weighted by atomic mass is 32.2. The first-order valence-electron chi connectivity index (χ1n) is 8.67. The third-order valence-corrected chi connectivity index (χ3v) is 6.36. The Labute approximate surface area is 161 Å². The molecule has 0 spiro atoms. The monoisotopic (exact) mass is 402 g/mol. The van der Waals surface area contributed by atoms with Gasteiger partial charge in [-0.15, -0.1) is 5.10 Å². The second kappa shape index (κ2) is 7.48. The van der Waals surface area contributed by atoms with Crippen LogP contribution in [0.5, 0.6) is 0 Å². The first-order valence-corrected chi connectivity index (χ1v) is 10.1. The van der Waals surface area contributed by atoms with Crippen LogP contribution in [0.4, 0.5) is 0 Å². The summed E-state index contributed by atoms with van der Waals surface area (Å²) in [6.45, 7) is 1.35. The van der Waals surface area contributed by atoms with Crippen molar-refractivity contribution in [2.24, 2.45) is 0 Å². The Balaban J connectivity index is 1.49. The van der Waals surface area contributed by atoms with Gasteiger partial charge in [0.05, 0.1) is 18.2 Å². The van der Waals surface area contributed by atoms with Gasteiger partial charge in [0.2, 0.25) is 0 Å². The van der Waals surface area contributed by atoms with Crippen molar-refractivity contribution in [3.63, 3.8) is 0 Å². The minimum absolute atomic E-state index is 0.0569. The molecular weight excluding hydrogens is 384 g/mol. The van der Waals surface area contributed by atoms with Gasteiger partial charge < -0.3 is 9.88 Å². The molecular formula is C16H18N8O3S. The molecule has 2 aromatic heterocycles. The summed E-state index contributed by atoms with van der Waals surface area (Å²) in [4.78, 5) is 21.0. The molecule has 1 aliphatic heterocycles. The Morgan fingerprint density at radius 1 is 1.14 bits per heavy atom. The van der Waals surface area contributed by atoms with E-state index in [0.29, 0.717) is 37.3 Å². The molecule has 3 aromatic rings. The van der Waals surface area contributed by atoms with Crippen LogP contribution in [0.2, 0.25) is 0 Å². The quantitative estimate of drug-likeness (QED) is 0.646. The smallest absolute Gasteiger partial charge is 0.260 e. The highest BCUT2D eigenvalue weighted by Crippen LogP contribution is 2.17. The molecule has 0 radical (unpaired) electrons. The van der Waals surface area contributed by atoms with Crippen LogP contribution in [0, 0.1) is 0 Å². The highest BCUT2D eigenvalue weighted by Gasteiger charge is 2.29. The predicted octanol–water partition coefficient (Wildman–Crippen LogP) is -0.0778. The van der Waals surface area contributed by atoms with Gasteiger partial charge in [-0.05, 0) is 35.0 Å². The average Bonchev–Trinajstić information content (AvgIpc) is 3.38. The van der Waals surface area contributed by atoms with Crippen LogP contribution in [-0.2, 0) is 10.0 Å². The molecule has 3 heterocycles. The maximum absolute atomic E-state index is 12.9. The first-order chi connectivity index (χ1) is 13.6. The summed E-state index contributed by atoms with van der Waals surface area (Å²) in [5, 5.41) is 11.1. The van der Waals surface area contributed by atoms with Crippen molar-refractivity contribution in [2.45, 2.75) is 11.4 Å². The topological polar surface area (TPSA) is 130 Å². The summed E-state index contributed by atoms with van der Waals surface area (Å²) in [7, 11) is -3.64. The number of rotatable bonds is 4. The number of hydrogen-bond donors (Lipinski definition) is 1. The summed E-state index contributed by atoms with van der Waals surface area (Å²) in [6.07, 6.45) is 4.62. The van der Waals surface area contributed by atoms with Gasteiger partial charge in [0.15, 0.2) is 5.03 Å². The molecule has 1 amide bonds. The lowest BCUT2D eigenvalue weighted by molar-refractivity contribution is 0.0764. The van der Waals surface area contributed by atoms with E-state index >= 15 is 0 Å². The van der Waals surface area contributed by atoms with Gasteiger partial charge in [0.1, 0.15) is 6.33 Å². The average molecular weight is 402 g/mol. The molecule has 11 nitrogen and oxygen atoms in total. The minimum Gasteiger partial charge on any atom is -0.337 e. The Morgan fingerprint density at radius 3 is 2.79 bits per heavy atom. The van der Waals surface area contributed by atoms with Crippen molar-refractivity contribution in [1.82, 2.24) is 39.4 Å². The number of carbonyl (C=O) groups is 1. The third-order valence-electron chi connectivity index (χ3n) is 4.54. The molecule has 0 bridgehead atoms. The molecule has 1 fully saturated rings. The summed E-state index contributed by atoms with van der Waals surface area (Å²) >= 11 is 0. The van der Waals surface area contributed by atoms with Gasteiger partial charge in [-0.3, -0.25) is 4.79 Å². The van der Waals surface area contributed by atoms with Gasteiger partial charge >= 0.3 is 0 Å². The molecule has 1 aromatic carbocycles. The van der Waals surface area contributed by atoms with Crippen molar-refractivity contribution >= 4 is 15.9 Å². The molecule has 1 saturated heterocycles. The van der Waals surface area contributed by atoms with Crippen molar-refractivity contribution < 1.29 is 13.2 Å². The van der Waals surface area contributed by atoms with Crippen LogP contribution >= 0.6 is 0 Å². The molecule has 1 N–H and O–H groups in total. The van der Waals surface area contributed by atoms with Crippen LogP contribution in [-0.4, -0.2) is 79.9 Å². The van der Waals surface area contributed by atoms with Gasteiger partial charge in [0.25, 0.3) is 15.9 Å². The number of imidazole rings is 1. The largest absolute Gasteiger partial charge is 0.337 e. The summed E-state index contributed by atoms with van der Waals surface area (Å²) < 4.78 is 28.2. The van der Waals surface area contributed by atoms with Crippen molar-refractivity contribution in [3.05, 3.63) is 48.7 Å². The number of carbonyl (C=O) groups excluding carboxylic acids is 1. The Hall–Kier alpha value is -3.12. The zero-order valence-electron chi connectivity index (χ0n) is 14.8. The Bertz CT molecular complexity index is 1050. The number of benzene rings is 1. The molecule has 146 valence electrons. The minimum atomic E-state index is -3.64. The molecule has 12 heteroatoms. The Morgan fingerprint density at radius 2 is 2.04 bits per heavy atom. The summed E-state index contributed by atoms with van der Waals surface area (Å²) in [6, 6.07) is 6.99. The van der Waals surface area contributed by atoms with Gasteiger partial charge in [0, 0.05) is 31.7 Å². The first kappa shape index (κ1) is 18.3.